The van der Waals surface area contributed by atoms with E-state index in [0.29, 0.717) is 0 Å². The topological polar surface area (TPSA) is 26.3 Å². The zero-order valence-electron chi connectivity index (χ0n) is 10.6. The van der Waals surface area contributed by atoms with Gasteiger partial charge >= 0.3 is 5.97 Å². The molecule has 2 nitrogen and oxygen atoms in total. The molecule has 3 rings (SSSR count). The molecule has 0 N–H and O–H groups in total. The van der Waals surface area contributed by atoms with Gasteiger partial charge in [0.2, 0.25) is 0 Å². The number of hydrogen-bond donors (Lipinski definition) is 0. The van der Waals surface area contributed by atoms with Gasteiger partial charge in [-0.2, -0.15) is 0 Å². The van der Waals surface area contributed by atoms with Crippen molar-refractivity contribution < 1.29 is 9.53 Å². The Hall–Kier alpha value is -1.35. The molecule has 1 aliphatic carbocycles. The quantitative estimate of drug-likeness (QED) is 0.760. The molecule has 0 bridgehead atoms. The number of hydrogen-bond acceptors (Lipinski definition) is 2. The van der Waals surface area contributed by atoms with Crippen LogP contribution in [0.2, 0.25) is 0 Å². The maximum absolute atomic E-state index is 11.8. The number of rotatable bonds is 2. The maximum Gasteiger partial charge on any atom is 0.339 e. The van der Waals surface area contributed by atoms with Crippen LogP contribution >= 0.6 is 15.9 Å². The molecule has 0 saturated carbocycles. The number of halogens is 1. The highest BCUT2D eigenvalue weighted by atomic mass is 79.9. The molecule has 0 aromatic heterocycles. The van der Waals surface area contributed by atoms with Gasteiger partial charge in [-0.15, -0.1) is 0 Å². The van der Waals surface area contributed by atoms with Crippen molar-refractivity contribution >= 4 is 21.9 Å². The number of allylic oxidation sites excluding steroid dienone is 2. The van der Waals surface area contributed by atoms with Crippen molar-refractivity contribution in [3.63, 3.8) is 0 Å². The summed E-state index contributed by atoms with van der Waals surface area (Å²) in [6.45, 7) is 0. The van der Waals surface area contributed by atoms with E-state index in [1.54, 1.807) is 0 Å². The van der Waals surface area contributed by atoms with Gasteiger partial charge in [-0.05, 0) is 55.9 Å². The Morgan fingerprint density at radius 2 is 2.00 bits per heavy atom. The van der Waals surface area contributed by atoms with E-state index in [1.165, 1.54) is 5.56 Å². The van der Waals surface area contributed by atoms with Crippen LogP contribution < -0.4 is 0 Å². The monoisotopic (exact) mass is 318 g/mol. The third-order valence-corrected chi connectivity index (χ3v) is 4.12. The largest absolute Gasteiger partial charge is 0.423 e. The maximum atomic E-state index is 11.8. The van der Waals surface area contributed by atoms with E-state index in [0.717, 1.165) is 53.5 Å². The fourth-order valence-corrected chi connectivity index (χ4v) is 3.11. The lowest BCUT2D eigenvalue weighted by Crippen LogP contribution is -2.01. The summed E-state index contributed by atoms with van der Waals surface area (Å²) < 4.78 is 6.47. The van der Waals surface area contributed by atoms with Gasteiger partial charge in [-0.3, -0.25) is 0 Å². The molecule has 1 aromatic rings. The molecule has 2 aliphatic rings. The van der Waals surface area contributed by atoms with Crippen LogP contribution in [0.4, 0.5) is 0 Å². The highest BCUT2D eigenvalue weighted by molar-refractivity contribution is 9.10. The van der Waals surface area contributed by atoms with Gasteiger partial charge in [0.05, 0.1) is 0 Å². The SMILES string of the molecule is O=C1OC(=CCc2cccc(Br)c2)C2=C1CCCC2. The summed E-state index contributed by atoms with van der Waals surface area (Å²) >= 11 is 3.47. The lowest BCUT2D eigenvalue weighted by molar-refractivity contribution is -0.133. The van der Waals surface area contributed by atoms with Crippen molar-refractivity contribution in [1.82, 2.24) is 0 Å². The number of benzene rings is 1. The second-order valence-corrected chi connectivity index (χ2v) is 5.87. The lowest BCUT2D eigenvalue weighted by atomic mass is 9.92. The van der Waals surface area contributed by atoms with Gasteiger partial charge < -0.3 is 4.74 Å². The van der Waals surface area contributed by atoms with Gasteiger partial charge in [0, 0.05) is 15.6 Å². The molecule has 98 valence electrons. The van der Waals surface area contributed by atoms with Crippen molar-refractivity contribution in [2.75, 3.05) is 0 Å². The summed E-state index contributed by atoms with van der Waals surface area (Å²) in [4.78, 5) is 11.8. The van der Waals surface area contributed by atoms with Gasteiger partial charge in [0.1, 0.15) is 5.76 Å². The molecule has 19 heavy (non-hydrogen) atoms. The summed E-state index contributed by atoms with van der Waals surface area (Å²) in [5.41, 5.74) is 3.26. The third kappa shape index (κ3) is 2.66. The average Bonchev–Trinajstić information content (AvgIpc) is 2.74. The van der Waals surface area contributed by atoms with Crippen LogP contribution in [-0.2, 0) is 16.0 Å². The summed E-state index contributed by atoms with van der Waals surface area (Å²) in [7, 11) is 0. The first-order valence-corrected chi connectivity index (χ1v) is 7.42. The molecule has 0 spiro atoms. The predicted octanol–water partition coefficient (Wildman–Crippen LogP) is 4.30. The second-order valence-electron chi connectivity index (χ2n) is 4.96. The van der Waals surface area contributed by atoms with Gasteiger partial charge in [-0.25, -0.2) is 4.79 Å². The predicted molar refractivity (Wildman–Crippen MR) is 77.5 cm³/mol. The first-order valence-electron chi connectivity index (χ1n) is 6.63. The number of cyclic esters (lactones) is 1. The van der Waals surface area contributed by atoms with E-state index >= 15 is 0 Å². The summed E-state index contributed by atoms with van der Waals surface area (Å²) in [5.74, 6) is 0.662. The Kier molecular flexibility index (Phi) is 3.56. The minimum atomic E-state index is -0.129. The van der Waals surface area contributed by atoms with E-state index < -0.39 is 0 Å². The lowest BCUT2D eigenvalue weighted by Gasteiger charge is -2.10. The molecule has 0 amide bonds. The van der Waals surface area contributed by atoms with Gasteiger partial charge in [0.25, 0.3) is 0 Å². The average molecular weight is 319 g/mol. The first-order chi connectivity index (χ1) is 9.24. The van der Waals surface area contributed by atoms with Crippen molar-refractivity contribution in [3.05, 3.63) is 57.3 Å². The van der Waals surface area contributed by atoms with Crippen LogP contribution in [0.3, 0.4) is 0 Å². The zero-order chi connectivity index (χ0) is 13.2. The Bertz CT molecular complexity index is 584. The molecular weight excluding hydrogens is 304 g/mol. The van der Waals surface area contributed by atoms with Crippen molar-refractivity contribution in [3.8, 4) is 0 Å². The Morgan fingerprint density at radius 1 is 1.21 bits per heavy atom. The molecule has 0 fully saturated rings. The molecular formula is C16H15BrO2. The minimum absolute atomic E-state index is 0.129. The summed E-state index contributed by atoms with van der Waals surface area (Å²) in [6, 6.07) is 8.19. The molecule has 0 unspecified atom stereocenters. The normalized spacial score (nSPS) is 20.7. The van der Waals surface area contributed by atoms with Crippen LogP contribution in [0.15, 0.2) is 51.7 Å². The Morgan fingerprint density at radius 3 is 2.79 bits per heavy atom. The molecule has 1 aliphatic heterocycles. The number of ether oxygens (including phenoxy) is 1. The number of esters is 1. The number of carbonyl (C=O) groups is 1. The number of carbonyl (C=O) groups excluding carboxylic acids is 1. The standard InChI is InChI=1S/C16H15BrO2/c17-12-5-3-4-11(10-12)8-9-15-13-6-1-2-7-14(13)16(18)19-15/h3-5,9-10H,1-2,6-8H2. The molecule has 1 aromatic carbocycles. The highest BCUT2D eigenvalue weighted by Crippen LogP contribution is 2.36. The van der Waals surface area contributed by atoms with E-state index in [1.807, 2.05) is 18.2 Å². The summed E-state index contributed by atoms with van der Waals surface area (Å²) in [5, 5.41) is 0. The Labute approximate surface area is 121 Å². The van der Waals surface area contributed by atoms with E-state index in [4.69, 9.17) is 4.74 Å². The first kappa shape index (κ1) is 12.7. The fourth-order valence-electron chi connectivity index (χ4n) is 2.66. The zero-order valence-corrected chi connectivity index (χ0v) is 12.2. The van der Waals surface area contributed by atoms with Crippen LogP contribution in [0.5, 0.6) is 0 Å². The fraction of sp³-hybridized carbons (Fsp3) is 0.312. The van der Waals surface area contributed by atoms with Gasteiger partial charge in [0.15, 0.2) is 0 Å². The van der Waals surface area contributed by atoms with Crippen LogP contribution in [0.1, 0.15) is 31.2 Å². The van der Waals surface area contributed by atoms with Crippen molar-refractivity contribution in [2.45, 2.75) is 32.1 Å². The molecule has 1 heterocycles. The van der Waals surface area contributed by atoms with E-state index in [9.17, 15) is 4.79 Å². The third-order valence-electron chi connectivity index (χ3n) is 3.63. The summed E-state index contributed by atoms with van der Waals surface area (Å²) in [6.07, 6.45) is 6.94. The molecule has 3 heteroatoms. The van der Waals surface area contributed by atoms with E-state index in [2.05, 4.69) is 28.1 Å². The van der Waals surface area contributed by atoms with Crippen molar-refractivity contribution in [1.29, 1.82) is 0 Å². The minimum Gasteiger partial charge on any atom is -0.423 e. The van der Waals surface area contributed by atoms with Crippen LogP contribution in [0.25, 0.3) is 0 Å². The van der Waals surface area contributed by atoms with E-state index in [-0.39, 0.29) is 5.97 Å². The van der Waals surface area contributed by atoms with Crippen LogP contribution in [0, 0.1) is 0 Å². The molecule has 0 atom stereocenters. The van der Waals surface area contributed by atoms with Crippen LogP contribution in [-0.4, -0.2) is 5.97 Å². The molecule has 0 saturated heterocycles. The second kappa shape index (κ2) is 5.33. The Balaban J connectivity index is 1.81. The van der Waals surface area contributed by atoms with Crippen molar-refractivity contribution in [2.24, 2.45) is 0 Å². The molecule has 0 radical (unpaired) electrons. The highest BCUT2D eigenvalue weighted by Gasteiger charge is 2.30. The smallest absolute Gasteiger partial charge is 0.339 e. The van der Waals surface area contributed by atoms with Gasteiger partial charge in [-0.1, -0.05) is 28.1 Å².